The molecule has 4 aromatic heterocycles. The number of amides is 1. The van der Waals surface area contributed by atoms with Gasteiger partial charge in [0.2, 0.25) is 11.8 Å². The van der Waals surface area contributed by atoms with E-state index in [0.29, 0.717) is 68.2 Å². The Hall–Kier alpha value is -4.43. The number of pyridine rings is 1. The maximum Gasteiger partial charge on any atom is 0.277 e. The zero-order valence-electron chi connectivity index (χ0n) is 21.3. The number of fused-ring (bicyclic) bond motifs is 1. The highest BCUT2D eigenvalue weighted by molar-refractivity contribution is 5.92. The number of nitrogens with zero attached hydrogens (tertiary/aromatic N) is 9. The first kappa shape index (κ1) is 25.2. The molecule has 0 aliphatic carbocycles. The van der Waals surface area contributed by atoms with Crippen molar-refractivity contribution in [2.45, 2.75) is 13.5 Å². The highest BCUT2D eigenvalue weighted by Gasteiger charge is 2.24. The van der Waals surface area contributed by atoms with E-state index in [0.717, 1.165) is 17.2 Å². The van der Waals surface area contributed by atoms with E-state index >= 15 is 0 Å². The van der Waals surface area contributed by atoms with Crippen molar-refractivity contribution in [1.82, 2.24) is 40.0 Å². The summed E-state index contributed by atoms with van der Waals surface area (Å²) in [5.41, 5.74) is 3.88. The molecule has 14 nitrogen and oxygen atoms in total. The van der Waals surface area contributed by atoms with Crippen LogP contribution in [0.4, 0.5) is 11.8 Å². The van der Waals surface area contributed by atoms with Gasteiger partial charge in [0.15, 0.2) is 22.8 Å². The third-order valence-electron chi connectivity index (χ3n) is 6.31. The average molecular weight is 521 g/mol. The van der Waals surface area contributed by atoms with Gasteiger partial charge in [-0.15, -0.1) is 0 Å². The Labute approximate surface area is 218 Å². The second kappa shape index (κ2) is 10.9. The Morgan fingerprint density at radius 2 is 1.89 bits per heavy atom. The molecule has 0 saturated carbocycles. The van der Waals surface area contributed by atoms with Crippen molar-refractivity contribution in [2.24, 2.45) is 7.05 Å². The summed E-state index contributed by atoms with van der Waals surface area (Å²) in [7, 11) is 3.49. The lowest BCUT2D eigenvalue weighted by Crippen LogP contribution is -2.37. The second-order valence-electron chi connectivity index (χ2n) is 8.55. The molecule has 0 bridgehead atoms. The summed E-state index contributed by atoms with van der Waals surface area (Å²) in [4.78, 5) is 43.3. The number of ether oxygens (including phenoxy) is 2. The normalized spacial score (nSPS) is 13.5. The van der Waals surface area contributed by atoms with Gasteiger partial charge in [0.25, 0.3) is 5.91 Å². The van der Waals surface area contributed by atoms with Crippen LogP contribution in [-0.4, -0.2) is 85.5 Å². The van der Waals surface area contributed by atoms with Crippen molar-refractivity contribution in [2.75, 3.05) is 49.8 Å². The molecule has 1 fully saturated rings. The molecule has 5 heterocycles. The van der Waals surface area contributed by atoms with Gasteiger partial charge in [-0.25, -0.2) is 35.4 Å². The van der Waals surface area contributed by atoms with Gasteiger partial charge in [-0.2, -0.15) is 0 Å². The topological polar surface area (TPSA) is 157 Å². The Kier molecular flexibility index (Phi) is 7.24. The molecule has 1 aliphatic rings. The summed E-state index contributed by atoms with van der Waals surface area (Å²) in [6, 6.07) is 3.66. The van der Waals surface area contributed by atoms with Gasteiger partial charge in [0.1, 0.15) is 5.82 Å². The van der Waals surface area contributed by atoms with Gasteiger partial charge in [-0.3, -0.25) is 10.0 Å². The number of carbonyl (C=O) groups excluding carboxylic acids is 1. The van der Waals surface area contributed by atoms with E-state index in [1.807, 2.05) is 29.5 Å². The van der Waals surface area contributed by atoms with E-state index in [1.54, 1.807) is 24.9 Å². The Morgan fingerprint density at radius 1 is 1.13 bits per heavy atom. The van der Waals surface area contributed by atoms with Crippen LogP contribution in [0.25, 0.3) is 22.6 Å². The summed E-state index contributed by atoms with van der Waals surface area (Å²) >= 11 is 0. The number of methoxy groups -OCH3 is 1. The van der Waals surface area contributed by atoms with Crippen molar-refractivity contribution in [3.05, 3.63) is 42.1 Å². The predicted octanol–water partition coefficient (Wildman–Crippen LogP) is 1.21. The maximum atomic E-state index is 11.6. The Bertz CT molecular complexity index is 1420. The number of aryl methyl sites for hydroxylation is 1. The van der Waals surface area contributed by atoms with Gasteiger partial charge in [-0.05, 0) is 13.0 Å². The number of imidazole rings is 1. The maximum absolute atomic E-state index is 11.6. The Balaban J connectivity index is 1.54. The number of aromatic nitrogens is 7. The lowest BCUT2D eigenvalue weighted by atomic mass is 10.2. The van der Waals surface area contributed by atoms with Crippen molar-refractivity contribution in [1.29, 1.82) is 0 Å². The Morgan fingerprint density at radius 3 is 2.53 bits per heavy atom. The number of hydrogen-bond acceptors (Lipinski definition) is 12. The number of hydroxylamine groups is 1. The number of morpholine rings is 1. The van der Waals surface area contributed by atoms with E-state index in [4.69, 9.17) is 29.6 Å². The zero-order valence-corrected chi connectivity index (χ0v) is 21.3. The van der Waals surface area contributed by atoms with Crippen molar-refractivity contribution in [3.8, 4) is 17.3 Å². The first-order valence-electron chi connectivity index (χ1n) is 12.1. The third kappa shape index (κ3) is 4.90. The minimum Gasteiger partial charge on any atom is -0.481 e. The van der Waals surface area contributed by atoms with Crippen molar-refractivity contribution in [3.63, 3.8) is 0 Å². The number of nitrogens with one attached hydrogen (secondary N) is 1. The molecule has 38 heavy (non-hydrogen) atoms. The smallest absolute Gasteiger partial charge is 0.277 e. The van der Waals surface area contributed by atoms with E-state index in [9.17, 15) is 4.79 Å². The molecule has 1 aliphatic heterocycles. The van der Waals surface area contributed by atoms with Gasteiger partial charge >= 0.3 is 0 Å². The number of carbonyl (C=O) groups is 1. The van der Waals surface area contributed by atoms with Crippen LogP contribution in [0.3, 0.4) is 0 Å². The molecule has 0 radical (unpaired) electrons. The largest absolute Gasteiger partial charge is 0.481 e. The quantitative estimate of drug-likeness (QED) is 0.253. The van der Waals surface area contributed by atoms with E-state index < -0.39 is 5.91 Å². The molecule has 1 amide bonds. The molecule has 14 heteroatoms. The van der Waals surface area contributed by atoms with Crippen LogP contribution in [0.15, 0.2) is 30.7 Å². The molecular formula is C24H28N10O4. The molecule has 2 N–H and O–H groups in total. The highest BCUT2D eigenvalue weighted by Crippen LogP contribution is 2.29. The van der Waals surface area contributed by atoms with Crippen LogP contribution < -0.4 is 20.0 Å². The number of hydrogen-bond donors (Lipinski definition) is 2. The van der Waals surface area contributed by atoms with Crippen molar-refractivity contribution < 1.29 is 19.5 Å². The summed E-state index contributed by atoms with van der Waals surface area (Å²) in [5, 5.41) is 8.83. The van der Waals surface area contributed by atoms with Crippen LogP contribution in [0.1, 0.15) is 23.1 Å². The van der Waals surface area contributed by atoms with Crippen LogP contribution >= 0.6 is 0 Å². The van der Waals surface area contributed by atoms with Gasteiger partial charge in [0, 0.05) is 56.9 Å². The fraction of sp³-hybridized carbons (Fsp3) is 0.375. The fourth-order valence-electron chi connectivity index (χ4n) is 4.15. The van der Waals surface area contributed by atoms with Crippen LogP contribution in [-0.2, 0) is 18.3 Å². The zero-order chi connectivity index (χ0) is 26.6. The van der Waals surface area contributed by atoms with Gasteiger partial charge < -0.3 is 23.8 Å². The summed E-state index contributed by atoms with van der Waals surface area (Å²) in [6.45, 7) is 5.58. The molecule has 4 aromatic rings. The molecule has 198 valence electrons. The van der Waals surface area contributed by atoms with Crippen LogP contribution in [0.5, 0.6) is 5.88 Å². The first-order valence-corrected chi connectivity index (χ1v) is 12.1. The molecule has 5 rings (SSSR count). The standard InChI is InChI=1S/C24H28N10O4/c1-4-33(24-26-12-16(13-27-24)23(35)31-36)14-17-28-19-21(32(17)2)29-20(15-5-6-18(37-3)25-11-15)30-22(19)34-7-9-38-10-8-34/h5-6,11-13,36H,4,7-10,14H2,1-3H3,(H,31,35). The van der Waals surface area contributed by atoms with Gasteiger partial charge in [0.05, 0.1) is 32.4 Å². The third-order valence-corrected chi connectivity index (χ3v) is 6.31. The summed E-state index contributed by atoms with van der Waals surface area (Å²) in [6.07, 6.45) is 4.42. The fourth-order valence-corrected chi connectivity index (χ4v) is 4.15. The second-order valence-corrected chi connectivity index (χ2v) is 8.55. The first-order chi connectivity index (χ1) is 18.5. The molecule has 0 atom stereocenters. The lowest BCUT2D eigenvalue weighted by molar-refractivity contribution is 0.0705. The molecule has 0 unspecified atom stereocenters. The minimum absolute atomic E-state index is 0.154. The molecule has 0 aromatic carbocycles. The number of rotatable bonds is 8. The van der Waals surface area contributed by atoms with Crippen LogP contribution in [0, 0.1) is 0 Å². The highest BCUT2D eigenvalue weighted by atomic mass is 16.5. The van der Waals surface area contributed by atoms with E-state index in [-0.39, 0.29) is 5.56 Å². The van der Waals surface area contributed by atoms with Crippen molar-refractivity contribution >= 4 is 28.8 Å². The SMILES string of the molecule is CCN(Cc1nc2c(N3CCOCC3)nc(-c3ccc(OC)nc3)nc2n1C)c1ncc(C(=O)NO)cn1. The number of anilines is 2. The summed E-state index contributed by atoms with van der Waals surface area (Å²) < 4.78 is 12.7. The van der Waals surface area contributed by atoms with E-state index in [1.165, 1.54) is 12.4 Å². The van der Waals surface area contributed by atoms with Gasteiger partial charge in [-0.1, -0.05) is 0 Å². The minimum atomic E-state index is -0.674. The predicted molar refractivity (Wildman–Crippen MR) is 137 cm³/mol. The van der Waals surface area contributed by atoms with E-state index in [2.05, 4.69) is 19.9 Å². The average Bonchev–Trinajstić information content (AvgIpc) is 3.30. The summed E-state index contributed by atoms with van der Waals surface area (Å²) in [5.74, 6) is 2.29. The lowest BCUT2D eigenvalue weighted by Gasteiger charge is -2.28. The molecule has 1 saturated heterocycles. The van der Waals surface area contributed by atoms with Crippen LogP contribution in [0.2, 0.25) is 0 Å². The molecule has 0 spiro atoms. The molecular weight excluding hydrogens is 492 g/mol. The monoisotopic (exact) mass is 520 g/mol.